The number of rotatable bonds is 8. The van der Waals surface area contributed by atoms with Crippen LogP contribution in [0.1, 0.15) is 56.8 Å². The van der Waals surface area contributed by atoms with Crippen molar-refractivity contribution in [2.24, 2.45) is 5.73 Å². The second-order valence-electron chi connectivity index (χ2n) is 5.07. The van der Waals surface area contributed by atoms with Gasteiger partial charge in [0, 0.05) is 12.6 Å². The Hall–Kier alpha value is -0.860. The predicted molar refractivity (Wildman–Crippen MR) is 77.7 cm³/mol. The van der Waals surface area contributed by atoms with Gasteiger partial charge in [0.25, 0.3) is 0 Å². The number of unbranched alkanes of at least 4 members (excludes halogenated alkanes) is 3. The Morgan fingerprint density at radius 2 is 1.89 bits per heavy atom. The van der Waals surface area contributed by atoms with E-state index in [0.717, 1.165) is 13.0 Å². The molecule has 1 aromatic rings. The molecule has 0 heterocycles. The van der Waals surface area contributed by atoms with E-state index in [9.17, 15) is 0 Å². The monoisotopic (exact) mass is 249 g/mol. The minimum atomic E-state index is 0.0211. The smallest absolute Gasteiger partial charge is 0.0975 e. The highest BCUT2D eigenvalue weighted by molar-refractivity contribution is 5.28. The van der Waals surface area contributed by atoms with E-state index >= 15 is 0 Å². The average Bonchev–Trinajstić information content (AvgIpc) is 2.35. The fourth-order valence-electron chi connectivity index (χ4n) is 2.17. The van der Waals surface area contributed by atoms with Crippen molar-refractivity contribution in [1.29, 1.82) is 0 Å². The molecule has 1 aromatic carbocycles. The zero-order valence-corrected chi connectivity index (χ0v) is 12.0. The average molecular weight is 249 g/mol. The molecule has 0 fully saturated rings. The van der Waals surface area contributed by atoms with E-state index < -0.39 is 0 Å². The van der Waals surface area contributed by atoms with Crippen LogP contribution in [0.5, 0.6) is 0 Å². The van der Waals surface area contributed by atoms with Gasteiger partial charge in [-0.25, -0.2) is 0 Å². The van der Waals surface area contributed by atoms with Crippen LogP contribution in [0.15, 0.2) is 24.3 Å². The van der Waals surface area contributed by atoms with E-state index in [1.807, 2.05) is 6.92 Å². The Morgan fingerprint density at radius 1 is 1.17 bits per heavy atom. The van der Waals surface area contributed by atoms with Crippen molar-refractivity contribution < 1.29 is 4.74 Å². The molecule has 0 saturated carbocycles. The molecular weight excluding hydrogens is 222 g/mol. The minimum Gasteiger partial charge on any atom is -0.372 e. The minimum absolute atomic E-state index is 0.0211. The van der Waals surface area contributed by atoms with E-state index in [4.69, 9.17) is 10.5 Å². The van der Waals surface area contributed by atoms with E-state index in [-0.39, 0.29) is 12.1 Å². The second-order valence-corrected chi connectivity index (χ2v) is 5.07. The largest absolute Gasteiger partial charge is 0.372 e. The molecule has 0 aliphatic carbocycles. The summed E-state index contributed by atoms with van der Waals surface area (Å²) >= 11 is 0. The molecule has 2 heteroatoms. The van der Waals surface area contributed by atoms with Crippen molar-refractivity contribution in [2.45, 2.75) is 58.6 Å². The van der Waals surface area contributed by atoms with Gasteiger partial charge in [0.1, 0.15) is 0 Å². The van der Waals surface area contributed by atoms with Gasteiger partial charge < -0.3 is 10.5 Å². The number of ether oxygens (including phenoxy) is 1. The molecule has 0 spiro atoms. The molecule has 1 rings (SSSR count). The molecule has 0 amide bonds. The molecule has 2 N–H and O–H groups in total. The lowest BCUT2D eigenvalue weighted by Crippen LogP contribution is -2.27. The van der Waals surface area contributed by atoms with Crippen molar-refractivity contribution in [3.05, 3.63) is 35.4 Å². The predicted octanol–water partition coefficient (Wildman–Crippen LogP) is 3.98. The molecule has 2 unspecified atom stereocenters. The highest BCUT2D eigenvalue weighted by atomic mass is 16.5. The topological polar surface area (TPSA) is 35.2 Å². The summed E-state index contributed by atoms with van der Waals surface area (Å²) in [4.78, 5) is 0. The molecule has 2 atom stereocenters. The molecular formula is C16H27NO. The zero-order chi connectivity index (χ0) is 13.4. The Balaban J connectivity index is 2.53. The number of hydrogen-bond acceptors (Lipinski definition) is 2. The number of benzene rings is 1. The zero-order valence-electron chi connectivity index (χ0n) is 12.0. The van der Waals surface area contributed by atoms with Gasteiger partial charge in [-0.2, -0.15) is 0 Å². The summed E-state index contributed by atoms with van der Waals surface area (Å²) in [7, 11) is 0. The Morgan fingerprint density at radius 3 is 2.50 bits per heavy atom. The number of hydrogen-bond donors (Lipinski definition) is 1. The van der Waals surface area contributed by atoms with Crippen LogP contribution < -0.4 is 5.73 Å². The lowest BCUT2D eigenvalue weighted by molar-refractivity contribution is 0.0355. The SMILES string of the molecule is CCCCCCOC(c1ccccc1C)C(C)N. The molecule has 0 aliphatic heterocycles. The van der Waals surface area contributed by atoms with E-state index in [1.54, 1.807) is 0 Å². The first-order valence-electron chi connectivity index (χ1n) is 7.09. The third-order valence-corrected chi connectivity index (χ3v) is 3.27. The Labute approximate surface area is 112 Å². The molecule has 0 radical (unpaired) electrons. The summed E-state index contributed by atoms with van der Waals surface area (Å²) in [6, 6.07) is 8.37. The quantitative estimate of drug-likeness (QED) is 0.707. The van der Waals surface area contributed by atoms with Gasteiger partial charge in [-0.15, -0.1) is 0 Å². The maximum Gasteiger partial charge on any atom is 0.0975 e. The highest BCUT2D eigenvalue weighted by Crippen LogP contribution is 2.23. The van der Waals surface area contributed by atoms with E-state index in [1.165, 1.54) is 30.4 Å². The van der Waals surface area contributed by atoms with Crippen LogP contribution in [0.4, 0.5) is 0 Å². The Bertz CT molecular complexity index is 336. The van der Waals surface area contributed by atoms with Crippen LogP contribution in [-0.4, -0.2) is 12.6 Å². The summed E-state index contributed by atoms with van der Waals surface area (Å²) in [6.45, 7) is 7.16. The Kier molecular flexibility index (Phi) is 6.99. The van der Waals surface area contributed by atoms with Gasteiger partial charge in [-0.05, 0) is 31.4 Å². The third kappa shape index (κ3) is 4.79. The van der Waals surface area contributed by atoms with Gasteiger partial charge in [0.2, 0.25) is 0 Å². The maximum atomic E-state index is 6.05. The van der Waals surface area contributed by atoms with Gasteiger partial charge in [-0.3, -0.25) is 0 Å². The fourth-order valence-corrected chi connectivity index (χ4v) is 2.17. The van der Waals surface area contributed by atoms with Gasteiger partial charge >= 0.3 is 0 Å². The molecule has 102 valence electrons. The van der Waals surface area contributed by atoms with Crippen LogP contribution in [0, 0.1) is 6.92 Å². The maximum absolute atomic E-state index is 6.05. The van der Waals surface area contributed by atoms with Crippen molar-refractivity contribution in [2.75, 3.05) is 6.61 Å². The van der Waals surface area contributed by atoms with E-state index in [0.29, 0.717) is 0 Å². The summed E-state index contributed by atoms with van der Waals surface area (Å²) in [5, 5.41) is 0. The third-order valence-electron chi connectivity index (χ3n) is 3.27. The molecule has 2 nitrogen and oxygen atoms in total. The fraction of sp³-hybridized carbons (Fsp3) is 0.625. The van der Waals surface area contributed by atoms with Crippen molar-refractivity contribution >= 4 is 0 Å². The first-order valence-corrected chi connectivity index (χ1v) is 7.09. The van der Waals surface area contributed by atoms with Crippen molar-refractivity contribution in [3.63, 3.8) is 0 Å². The molecule has 0 bridgehead atoms. The first kappa shape index (κ1) is 15.2. The van der Waals surface area contributed by atoms with E-state index in [2.05, 4.69) is 38.1 Å². The normalized spacial score (nSPS) is 14.4. The van der Waals surface area contributed by atoms with Crippen LogP contribution in [0.2, 0.25) is 0 Å². The number of aryl methyl sites for hydroxylation is 1. The van der Waals surface area contributed by atoms with Gasteiger partial charge in [0.05, 0.1) is 6.10 Å². The summed E-state index contributed by atoms with van der Waals surface area (Å²) in [5.74, 6) is 0. The second kappa shape index (κ2) is 8.28. The number of nitrogens with two attached hydrogens (primary N) is 1. The standard InChI is InChI=1S/C16H27NO/c1-4-5-6-9-12-18-16(14(3)17)15-11-8-7-10-13(15)2/h7-8,10-11,14,16H,4-6,9,12,17H2,1-3H3. The molecule has 0 aliphatic rings. The lowest BCUT2D eigenvalue weighted by atomic mass is 9.99. The molecule has 0 aromatic heterocycles. The van der Waals surface area contributed by atoms with Crippen LogP contribution in [0.3, 0.4) is 0 Å². The summed E-state index contributed by atoms with van der Waals surface area (Å²) in [6.07, 6.45) is 4.94. The van der Waals surface area contributed by atoms with Gasteiger partial charge in [0.15, 0.2) is 0 Å². The highest BCUT2D eigenvalue weighted by Gasteiger charge is 2.18. The van der Waals surface area contributed by atoms with Gasteiger partial charge in [-0.1, -0.05) is 50.5 Å². The van der Waals surface area contributed by atoms with Crippen molar-refractivity contribution in [3.8, 4) is 0 Å². The first-order chi connectivity index (χ1) is 8.66. The van der Waals surface area contributed by atoms with Crippen molar-refractivity contribution in [1.82, 2.24) is 0 Å². The molecule has 18 heavy (non-hydrogen) atoms. The van der Waals surface area contributed by atoms with Crippen LogP contribution in [-0.2, 0) is 4.74 Å². The van der Waals surface area contributed by atoms with Crippen LogP contribution >= 0.6 is 0 Å². The lowest BCUT2D eigenvalue weighted by Gasteiger charge is -2.23. The summed E-state index contributed by atoms with van der Waals surface area (Å²) in [5.41, 5.74) is 8.54. The summed E-state index contributed by atoms with van der Waals surface area (Å²) < 4.78 is 5.99. The van der Waals surface area contributed by atoms with Crippen LogP contribution in [0.25, 0.3) is 0 Å². The molecule has 0 saturated heterocycles.